The van der Waals surface area contributed by atoms with E-state index in [1.807, 2.05) is 13.8 Å². The van der Waals surface area contributed by atoms with E-state index >= 15 is 0 Å². The van der Waals surface area contributed by atoms with Gasteiger partial charge in [-0.3, -0.25) is 4.79 Å². The Bertz CT molecular complexity index is 184. The summed E-state index contributed by atoms with van der Waals surface area (Å²) in [5, 5.41) is 0. The molecule has 0 fully saturated rings. The lowest BCUT2D eigenvalue weighted by Gasteiger charge is -2.28. The Hall–Kier alpha value is -0.130. The molecule has 0 unspecified atom stereocenters. The quantitative estimate of drug-likeness (QED) is 0.660. The highest BCUT2D eigenvalue weighted by atomic mass is 79.9. The van der Waals surface area contributed by atoms with Gasteiger partial charge in [-0.25, -0.2) is 0 Å². The van der Waals surface area contributed by atoms with Crippen molar-refractivity contribution in [1.29, 1.82) is 0 Å². The molecule has 0 aromatic heterocycles. The molecule has 0 rings (SSSR count). The smallest absolute Gasteiger partial charge is 0.239 e. The lowest BCUT2D eigenvalue weighted by atomic mass is 10.2. The summed E-state index contributed by atoms with van der Waals surface area (Å²) in [5.74, 6) is 0.0524. The van der Waals surface area contributed by atoms with Crippen molar-refractivity contribution in [2.75, 3.05) is 40.5 Å². The van der Waals surface area contributed by atoms with Crippen LogP contribution in [-0.2, 0) is 14.3 Å². The number of amides is 1. The van der Waals surface area contributed by atoms with Crippen molar-refractivity contribution in [2.45, 2.75) is 18.2 Å². The van der Waals surface area contributed by atoms with Crippen LogP contribution in [0.4, 0.5) is 0 Å². The fraction of sp³-hybridized carbons (Fsp3) is 0.900. The first kappa shape index (κ1) is 14.9. The zero-order valence-electron chi connectivity index (χ0n) is 9.88. The second kappa shape index (κ2) is 7.19. The minimum Gasteiger partial charge on any atom is -0.383 e. The topological polar surface area (TPSA) is 38.8 Å². The Morgan fingerprint density at radius 1 is 1.20 bits per heavy atom. The second-order valence-electron chi connectivity index (χ2n) is 3.75. The zero-order chi connectivity index (χ0) is 11.9. The first-order valence-electron chi connectivity index (χ1n) is 4.89. The molecule has 0 aromatic carbocycles. The summed E-state index contributed by atoms with van der Waals surface area (Å²) in [6, 6.07) is 0. The lowest BCUT2D eigenvalue weighted by molar-refractivity contribution is -0.134. The third-order valence-electron chi connectivity index (χ3n) is 1.93. The predicted octanol–water partition coefficient (Wildman–Crippen LogP) is 1.28. The summed E-state index contributed by atoms with van der Waals surface area (Å²) in [5.41, 5.74) is 0. The zero-order valence-corrected chi connectivity index (χ0v) is 11.5. The van der Waals surface area contributed by atoms with E-state index in [1.54, 1.807) is 19.1 Å². The van der Waals surface area contributed by atoms with Crippen LogP contribution in [0.1, 0.15) is 13.8 Å². The number of hydrogen-bond donors (Lipinski definition) is 0. The number of nitrogens with zero attached hydrogens (tertiary/aromatic N) is 1. The standard InChI is InChI=1S/C10H20BrNO3/c1-10(2,11)9(13)12(5-7-14-3)6-8-15-4/h5-8H2,1-4H3. The molecule has 0 saturated carbocycles. The highest BCUT2D eigenvalue weighted by Gasteiger charge is 2.28. The normalized spacial score (nSPS) is 11.5. The highest BCUT2D eigenvalue weighted by molar-refractivity contribution is 9.10. The number of carbonyl (C=O) groups excluding carboxylic acids is 1. The molecule has 0 radical (unpaired) electrons. The number of ether oxygens (including phenoxy) is 2. The van der Waals surface area contributed by atoms with Gasteiger partial charge in [-0.15, -0.1) is 0 Å². The SMILES string of the molecule is COCCN(CCOC)C(=O)C(C)(C)Br. The third-order valence-corrected chi connectivity index (χ3v) is 2.27. The van der Waals surface area contributed by atoms with Crippen molar-refractivity contribution in [2.24, 2.45) is 0 Å². The van der Waals surface area contributed by atoms with Gasteiger partial charge in [0.1, 0.15) is 0 Å². The van der Waals surface area contributed by atoms with Crippen LogP contribution < -0.4 is 0 Å². The maximum absolute atomic E-state index is 11.9. The van der Waals surface area contributed by atoms with E-state index in [4.69, 9.17) is 9.47 Å². The molecule has 0 atom stereocenters. The lowest BCUT2D eigenvalue weighted by Crippen LogP contribution is -2.44. The Kier molecular flexibility index (Phi) is 7.13. The van der Waals surface area contributed by atoms with Gasteiger partial charge in [0.05, 0.1) is 17.5 Å². The molecule has 0 N–H and O–H groups in total. The van der Waals surface area contributed by atoms with Gasteiger partial charge in [0, 0.05) is 27.3 Å². The van der Waals surface area contributed by atoms with Crippen molar-refractivity contribution in [3.05, 3.63) is 0 Å². The molecule has 0 heterocycles. The van der Waals surface area contributed by atoms with E-state index in [-0.39, 0.29) is 5.91 Å². The molecule has 0 aliphatic heterocycles. The molecular weight excluding hydrogens is 262 g/mol. The van der Waals surface area contributed by atoms with E-state index in [0.29, 0.717) is 26.3 Å². The second-order valence-corrected chi connectivity index (χ2v) is 5.73. The predicted molar refractivity (Wildman–Crippen MR) is 63.3 cm³/mol. The molecular formula is C10H20BrNO3. The van der Waals surface area contributed by atoms with Crippen LogP contribution in [0, 0.1) is 0 Å². The van der Waals surface area contributed by atoms with Gasteiger partial charge < -0.3 is 14.4 Å². The molecule has 0 saturated heterocycles. The number of hydrogen-bond acceptors (Lipinski definition) is 3. The summed E-state index contributed by atoms with van der Waals surface area (Å²) in [6.45, 7) is 5.93. The van der Waals surface area contributed by atoms with Gasteiger partial charge in [-0.05, 0) is 13.8 Å². The molecule has 5 heteroatoms. The maximum Gasteiger partial charge on any atom is 0.239 e. The van der Waals surface area contributed by atoms with Crippen LogP contribution in [-0.4, -0.2) is 55.7 Å². The first-order chi connectivity index (χ1) is 6.93. The fourth-order valence-electron chi connectivity index (χ4n) is 1.09. The molecule has 15 heavy (non-hydrogen) atoms. The van der Waals surface area contributed by atoms with Crippen LogP contribution in [0.5, 0.6) is 0 Å². The van der Waals surface area contributed by atoms with E-state index in [0.717, 1.165) is 0 Å². The monoisotopic (exact) mass is 281 g/mol. The maximum atomic E-state index is 11.9. The van der Waals surface area contributed by atoms with Crippen LogP contribution in [0.3, 0.4) is 0 Å². The molecule has 0 aliphatic rings. The molecule has 90 valence electrons. The molecule has 1 amide bonds. The molecule has 0 aromatic rings. The highest BCUT2D eigenvalue weighted by Crippen LogP contribution is 2.18. The van der Waals surface area contributed by atoms with Gasteiger partial charge >= 0.3 is 0 Å². The van der Waals surface area contributed by atoms with Gasteiger partial charge in [0.2, 0.25) is 5.91 Å². The molecule has 0 spiro atoms. The number of rotatable bonds is 7. The summed E-state index contributed by atoms with van der Waals surface area (Å²) < 4.78 is 9.40. The van der Waals surface area contributed by atoms with Gasteiger partial charge in [-0.2, -0.15) is 0 Å². The Balaban J connectivity index is 4.27. The summed E-state index contributed by atoms with van der Waals surface area (Å²) in [4.78, 5) is 13.7. The van der Waals surface area contributed by atoms with Crippen molar-refractivity contribution in [3.63, 3.8) is 0 Å². The fourth-order valence-corrected chi connectivity index (χ4v) is 1.34. The van der Waals surface area contributed by atoms with Crippen molar-refractivity contribution >= 4 is 21.8 Å². The minimum atomic E-state index is -0.533. The van der Waals surface area contributed by atoms with E-state index in [2.05, 4.69) is 15.9 Å². The summed E-state index contributed by atoms with van der Waals surface area (Å²) in [7, 11) is 3.25. The third kappa shape index (κ3) is 6.12. The largest absolute Gasteiger partial charge is 0.383 e. The average molecular weight is 282 g/mol. The van der Waals surface area contributed by atoms with Gasteiger partial charge in [0.25, 0.3) is 0 Å². The van der Waals surface area contributed by atoms with Crippen LogP contribution in [0.15, 0.2) is 0 Å². The average Bonchev–Trinajstić information content (AvgIpc) is 2.16. The number of carbonyl (C=O) groups is 1. The molecule has 4 nitrogen and oxygen atoms in total. The first-order valence-corrected chi connectivity index (χ1v) is 5.69. The minimum absolute atomic E-state index is 0.0524. The van der Waals surface area contributed by atoms with Crippen molar-refractivity contribution in [1.82, 2.24) is 4.90 Å². The van der Waals surface area contributed by atoms with E-state index < -0.39 is 4.32 Å². The van der Waals surface area contributed by atoms with Crippen LogP contribution in [0.25, 0.3) is 0 Å². The van der Waals surface area contributed by atoms with Crippen molar-refractivity contribution in [3.8, 4) is 0 Å². The Labute approximate surface area is 100 Å². The molecule has 0 bridgehead atoms. The summed E-state index contributed by atoms with van der Waals surface area (Å²) >= 11 is 3.36. The summed E-state index contributed by atoms with van der Waals surface area (Å²) in [6.07, 6.45) is 0. The Morgan fingerprint density at radius 2 is 1.60 bits per heavy atom. The van der Waals surface area contributed by atoms with Gasteiger partial charge in [0.15, 0.2) is 0 Å². The van der Waals surface area contributed by atoms with Crippen molar-refractivity contribution < 1.29 is 14.3 Å². The number of alkyl halides is 1. The number of halogens is 1. The van der Waals surface area contributed by atoms with E-state index in [1.165, 1.54) is 0 Å². The molecule has 0 aliphatic carbocycles. The van der Waals surface area contributed by atoms with Crippen LogP contribution in [0.2, 0.25) is 0 Å². The van der Waals surface area contributed by atoms with E-state index in [9.17, 15) is 4.79 Å². The Morgan fingerprint density at radius 3 is 1.87 bits per heavy atom. The van der Waals surface area contributed by atoms with Gasteiger partial charge in [-0.1, -0.05) is 15.9 Å². The van der Waals surface area contributed by atoms with Crippen LogP contribution >= 0.6 is 15.9 Å². The number of methoxy groups -OCH3 is 2.